The Morgan fingerprint density at radius 2 is 2.00 bits per heavy atom. The van der Waals surface area contributed by atoms with E-state index in [1.54, 1.807) is 7.11 Å². The maximum atomic E-state index is 6.28. The maximum absolute atomic E-state index is 6.28. The first-order valence-corrected chi connectivity index (χ1v) is 9.70. The standard InChI is InChI=1S/C20H33N3O3/c1-4-21-20(22-13-14-25-5-2)23-15-16-9-8-12-18(24-3)19(16)26-17-10-6-7-11-17/h8-9,12,17H,4-7,10-11,13-15H2,1-3H3,(H2,21,22,23). The fourth-order valence-corrected chi connectivity index (χ4v) is 3.05. The van der Waals surface area contributed by atoms with E-state index in [9.17, 15) is 0 Å². The van der Waals surface area contributed by atoms with Crippen LogP contribution in [0.5, 0.6) is 11.5 Å². The number of nitrogens with one attached hydrogen (secondary N) is 2. The predicted octanol–water partition coefficient (Wildman–Crippen LogP) is 3.11. The Morgan fingerprint density at radius 3 is 2.69 bits per heavy atom. The topological polar surface area (TPSA) is 64.1 Å². The molecule has 0 amide bonds. The normalized spacial score (nSPS) is 15.1. The zero-order valence-corrected chi connectivity index (χ0v) is 16.3. The van der Waals surface area contributed by atoms with Crippen LogP contribution in [0.4, 0.5) is 0 Å². The van der Waals surface area contributed by atoms with Crippen molar-refractivity contribution in [3.05, 3.63) is 23.8 Å². The molecule has 0 heterocycles. The molecular formula is C20H33N3O3. The SMILES string of the molecule is CCNC(=NCc1cccc(OC)c1OC1CCCC1)NCCOCC. The van der Waals surface area contributed by atoms with Crippen LogP contribution in [0, 0.1) is 0 Å². The molecule has 0 bridgehead atoms. The smallest absolute Gasteiger partial charge is 0.191 e. The molecule has 1 fully saturated rings. The Balaban J connectivity index is 2.07. The van der Waals surface area contributed by atoms with E-state index >= 15 is 0 Å². The quantitative estimate of drug-likeness (QED) is 0.380. The summed E-state index contributed by atoms with van der Waals surface area (Å²) in [6, 6.07) is 5.99. The van der Waals surface area contributed by atoms with Crippen LogP contribution in [0.2, 0.25) is 0 Å². The van der Waals surface area contributed by atoms with E-state index in [4.69, 9.17) is 19.2 Å². The van der Waals surface area contributed by atoms with Gasteiger partial charge in [-0.25, -0.2) is 4.99 Å². The first-order chi connectivity index (χ1) is 12.8. The van der Waals surface area contributed by atoms with Gasteiger partial charge < -0.3 is 24.8 Å². The first-order valence-electron chi connectivity index (χ1n) is 9.70. The van der Waals surface area contributed by atoms with Gasteiger partial charge in [-0.1, -0.05) is 12.1 Å². The minimum absolute atomic E-state index is 0.284. The zero-order chi connectivity index (χ0) is 18.6. The van der Waals surface area contributed by atoms with Gasteiger partial charge in [0.2, 0.25) is 0 Å². The number of methoxy groups -OCH3 is 1. The lowest BCUT2D eigenvalue weighted by Crippen LogP contribution is -2.39. The minimum atomic E-state index is 0.284. The van der Waals surface area contributed by atoms with Gasteiger partial charge in [0.25, 0.3) is 0 Å². The minimum Gasteiger partial charge on any atom is -0.493 e. The van der Waals surface area contributed by atoms with E-state index in [0.717, 1.165) is 55.6 Å². The summed E-state index contributed by atoms with van der Waals surface area (Å²) in [4.78, 5) is 4.70. The molecule has 0 unspecified atom stereocenters. The first kappa shape index (κ1) is 20.4. The van der Waals surface area contributed by atoms with Crippen LogP contribution < -0.4 is 20.1 Å². The summed E-state index contributed by atoms with van der Waals surface area (Å²) in [5.41, 5.74) is 1.04. The van der Waals surface area contributed by atoms with Gasteiger partial charge in [-0.2, -0.15) is 0 Å². The molecule has 1 aliphatic rings. The third-order valence-electron chi connectivity index (χ3n) is 4.36. The third kappa shape index (κ3) is 6.41. The number of rotatable bonds is 10. The molecule has 1 aliphatic carbocycles. The molecule has 1 saturated carbocycles. The second-order valence-electron chi connectivity index (χ2n) is 6.29. The van der Waals surface area contributed by atoms with Crippen LogP contribution in [-0.2, 0) is 11.3 Å². The lowest BCUT2D eigenvalue weighted by Gasteiger charge is -2.19. The van der Waals surface area contributed by atoms with Crippen LogP contribution in [0.1, 0.15) is 45.1 Å². The van der Waals surface area contributed by atoms with Crippen molar-refractivity contribution in [2.24, 2.45) is 4.99 Å². The molecule has 6 nitrogen and oxygen atoms in total. The van der Waals surface area contributed by atoms with Crippen molar-refractivity contribution in [1.29, 1.82) is 0 Å². The molecule has 0 atom stereocenters. The highest BCUT2D eigenvalue weighted by Gasteiger charge is 2.20. The molecule has 0 saturated heterocycles. The Morgan fingerprint density at radius 1 is 1.19 bits per heavy atom. The van der Waals surface area contributed by atoms with Crippen molar-refractivity contribution >= 4 is 5.96 Å². The summed E-state index contributed by atoms with van der Waals surface area (Å²) in [5.74, 6) is 2.39. The number of hydrogen-bond acceptors (Lipinski definition) is 4. The van der Waals surface area contributed by atoms with E-state index in [0.29, 0.717) is 13.2 Å². The number of benzene rings is 1. The van der Waals surface area contributed by atoms with Crippen LogP contribution in [0.3, 0.4) is 0 Å². The lowest BCUT2D eigenvalue weighted by molar-refractivity contribution is 0.152. The molecule has 26 heavy (non-hydrogen) atoms. The molecule has 146 valence electrons. The number of guanidine groups is 1. The second-order valence-corrected chi connectivity index (χ2v) is 6.29. The van der Waals surface area contributed by atoms with Crippen LogP contribution in [0.15, 0.2) is 23.2 Å². The van der Waals surface area contributed by atoms with Crippen LogP contribution in [0.25, 0.3) is 0 Å². The Bertz CT molecular complexity index is 557. The van der Waals surface area contributed by atoms with Gasteiger partial charge >= 0.3 is 0 Å². The zero-order valence-electron chi connectivity index (χ0n) is 16.3. The van der Waals surface area contributed by atoms with Crippen molar-refractivity contribution in [2.75, 3.05) is 33.4 Å². The van der Waals surface area contributed by atoms with Crippen molar-refractivity contribution in [2.45, 2.75) is 52.2 Å². The van der Waals surface area contributed by atoms with Crippen LogP contribution in [-0.4, -0.2) is 45.5 Å². The summed E-state index contributed by atoms with van der Waals surface area (Å²) in [7, 11) is 1.68. The number of nitrogens with zero attached hydrogens (tertiary/aromatic N) is 1. The van der Waals surface area contributed by atoms with E-state index in [1.165, 1.54) is 12.8 Å². The van der Waals surface area contributed by atoms with Crippen molar-refractivity contribution in [1.82, 2.24) is 10.6 Å². The van der Waals surface area contributed by atoms with E-state index in [2.05, 4.69) is 23.6 Å². The van der Waals surface area contributed by atoms with Crippen LogP contribution >= 0.6 is 0 Å². The molecule has 0 aliphatic heterocycles. The fraction of sp³-hybridized carbons (Fsp3) is 0.650. The van der Waals surface area contributed by atoms with Gasteiger partial charge in [-0.05, 0) is 45.6 Å². The molecule has 0 spiro atoms. The summed E-state index contributed by atoms with van der Waals surface area (Å²) in [5, 5.41) is 6.55. The molecule has 2 N–H and O–H groups in total. The van der Waals surface area contributed by atoms with Gasteiger partial charge in [0, 0.05) is 25.3 Å². The Kier molecular flexibility index (Phi) is 9.10. The molecule has 1 aromatic rings. The highest BCUT2D eigenvalue weighted by molar-refractivity contribution is 5.79. The number of aliphatic imine (C=N–C) groups is 1. The molecule has 0 aromatic heterocycles. The highest BCUT2D eigenvalue weighted by Crippen LogP contribution is 2.35. The van der Waals surface area contributed by atoms with Crippen molar-refractivity contribution in [3.8, 4) is 11.5 Å². The Hall–Kier alpha value is -1.95. The fourth-order valence-electron chi connectivity index (χ4n) is 3.05. The van der Waals surface area contributed by atoms with E-state index < -0.39 is 0 Å². The number of hydrogen-bond donors (Lipinski definition) is 2. The number of ether oxygens (including phenoxy) is 3. The summed E-state index contributed by atoms with van der Waals surface area (Å²) >= 11 is 0. The monoisotopic (exact) mass is 363 g/mol. The lowest BCUT2D eigenvalue weighted by atomic mass is 10.1. The third-order valence-corrected chi connectivity index (χ3v) is 4.36. The highest BCUT2D eigenvalue weighted by atomic mass is 16.5. The summed E-state index contributed by atoms with van der Waals surface area (Å²) in [6.45, 7) is 7.50. The van der Waals surface area contributed by atoms with Gasteiger partial charge in [-0.3, -0.25) is 0 Å². The van der Waals surface area contributed by atoms with Gasteiger partial charge in [0.05, 0.1) is 26.4 Å². The van der Waals surface area contributed by atoms with Gasteiger partial charge in [0.15, 0.2) is 17.5 Å². The maximum Gasteiger partial charge on any atom is 0.191 e. The predicted molar refractivity (Wildman–Crippen MR) is 105 cm³/mol. The largest absolute Gasteiger partial charge is 0.493 e. The second kappa shape index (κ2) is 11.6. The number of para-hydroxylation sites is 1. The summed E-state index contributed by atoms with van der Waals surface area (Å²) < 4.78 is 17.2. The molecule has 1 aromatic carbocycles. The Labute approximate surface area is 157 Å². The summed E-state index contributed by atoms with van der Waals surface area (Å²) in [6.07, 6.45) is 4.99. The molecule has 0 radical (unpaired) electrons. The van der Waals surface area contributed by atoms with Crippen molar-refractivity contribution in [3.63, 3.8) is 0 Å². The van der Waals surface area contributed by atoms with Gasteiger partial charge in [-0.15, -0.1) is 0 Å². The molecule has 2 rings (SSSR count). The van der Waals surface area contributed by atoms with E-state index in [1.807, 2.05) is 19.1 Å². The molecular weight excluding hydrogens is 330 g/mol. The van der Waals surface area contributed by atoms with E-state index in [-0.39, 0.29) is 6.10 Å². The molecule has 6 heteroatoms. The van der Waals surface area contributed by atoms with Crippen molar-refractivity contribution < 1.29 is 14.2 Å². The average Bonchev–Trinajstić information content (AvgIpc) is 3.17. The van der Waals surface area contributed by atoms with Gasteiger partial charge in [0.1, 0.15) is 0 Å². The average molecular weight is 364 g/mol.